The van der Waals surface area contributed by atoms with Crippen LogP contribution in [-0.2, 0) is 9.53 Å². The number of amides is 1. The molecule has 29 heavy (non-hydrogen) atoms. The van der Waals surface area contributed by atoms with Crippen LogP contribution in [0.2, 0.25) is 0 Å². The monoisotopic (exact) mass is 401 g/mol. The molecule has 0 aromatic rings. The molecule has 0 radical (unpaired) electrons. The Morgan fingerprint density at radius 1 is 1.21 bits per heavy atom. The predicted molar refractivity (Wildman–Crippen MR) is 108 cm³/mol. The number of piperidine rings is 1. The predicted octanol–water partition coefficient (Wildman–Crippen LogP) is 1.66. The summed E-state index contributed by atoms with van der Waals surface area (Å²) in [5, 5.41) is 18.7. The first-order chi connectivity index (χ1) is 14.0. The molecular formula is C22H35N5O2. The molecule has 6 unspecified atom stereocenters. The zero-order valence-electron chi connectivity index (χ0n) is 17.7. The highest BCUT2D eigenvalue weighted by Gasteiger charge is 2.62. The van der Waals surface area contributed by atoms with E-state index in [1.165, 1.54) is 32.1 Å². The second-order valence-corrected chi connectivity index (χ2v) is 10.1. The third-order valence-corrected chi connectivity index (χ3v) is 8.99. The quantitative estimate of drug-likeness (QED) is 0.664. The van der Waals surface area contributed by atoms with Crippen molar-refractivity contribution in [3.8, 4) is 6.07 Å². The van der Waals surface area contributed by atoms with Gasteiger partial charge in [0.1, 0.15) is 5.60 Å². The highest BCUT2D eigenvalue weighted by atomic mass is 16.5. The molecule has 7 atom stereocenters. The highest BCUT2D eigenvalue weighted by Crippen LogP contribution is 2.51. The molecule has 2 aliphatic carbocycles. The fraction of sp³-hybridized carbons (Fsp3) is 0.909. The third-order valence-electron chi connectivity index (χ3n) is 8.99. The minimum absolute atomic E-state index is 0.00407. The van der Waals surface area contributed by atoms with E-state index < -0.39 is 5.60 Å². The van der Waals surface area contributed by atoms with E-state index in [-0.39, 0.29) is 23.5 Å². The van der Waals surface area contributed by atoms with Crippen LogP contribution in [0.1, 0.15) is 64.7 Å². The molecule has 0 aromatic heterocycles. The Bertz CT molecular complexity index is 704. The van der Waals surface area contributed by atoms with Crippen molar-refractivity contribution in [1.82, 2.24) is 21.1 Å². The molecule has 160 valence electrons. The van der Waals surface area contributed by atoms with Gasteiger partial charge in [0.2, 0.25) is 0 Å². The van der Waals surface area contributed by atoms with Crippen LogP contribution in [0.25, 0.3) is 0 Å². The van der Waals surface area contributed by atoms with Crippen LogP contribution >= 0.6 is 0 Å². The molecule has 0 spiro atoms. The number of hydrogen-bond acceptors (Lipinski definition) is 6. The number of nitriles is 1. The van der Waals surface area contributed by atoms with E-state index in [0.717, 1.165) is 25.8 Å². The summed E-state index contributed by atoms with van der Waals surface area (Å²) >= 11 is 0. The smallest absolute Gasteiger partial charge is 0.253 e. The van der Waals surface area contributed by atoms with Gasteiger partial charge in [-0.1, -0.05) is 12.8 Å². The average Bonchev–Trinajstić information content (AvgIpc) is 3.21. The van der Waals surface area contributed by atoms with Gasteiger partial charge in [0.05, 0.1) is 18.7 Å². The third kappa shape index (κ3) is 2.79. The molecule has 5 fully saturated rings. The lowest BCUT2D eigenvalue weighted by atomic mass is 9.67. The molecule has 2 saturated carbocycles. The van der Waals surface area contributed by atoms with Crippen molar-refractivity contribution < 1.29 is 9.53 Å². The van der Waals surface area contributed by atoms with Crippen LogP contribution in [0.15, 0.2) is 0 Å². The maximum Gasteiger partial charge on any atom is 0.253 e. The van der Waals surface area contributed by atoms with E-state index in [0.29, 0.717) is 30.3 Å². The summed E-state index contributed by atoms with van der Waals surface area (Å²) in [7, 11) is 1.67. The first kappa shape index (κ1) is 19.7. The van der Waals surface area contributed by atoms with Gasteiger partial charge in [-0.05, 0) is 63.8 Å². The van der Waals surface area contributed by atoms with Gasteiger partial charge in [-0.15, -0.1) is 0 Å². The molecule has 3 heterocycles. The first-order valence-corrected chi connectivity index (χ1v) is 11.6. The van der Waals surface area contributed by atoms with Crippen LogP contribution in [-0.4, -0.2) is 54.0 Å². The summed E-state index contributed by atoms with van der Waals surface area (Å²) in [6.07, 6.45) is 10.2. The number of carbonyl (C=O) groups excluding carboxylic acids is 1. The fourth-order valence-electron chi connectivity index (χ4n) is 7.26. The molecule has 0 bridgehead atoms. The van der Waals surface area contributed by atoms with Crippen molar-refractivity contribution in [1.29, 1.82) is 5.26 Å². The zero-order chi connectivity index (χ0) is 20.2. The topological polar surface area (TPSA) is 89.4 Å². The van der Waals surface area contributed by atoms with Gasteiger partial charge >= 0.3 is 0 Å². The lowest BCUT2D eigenvalue weighted by Crippen LogP contribution is -2.62. The van der Waals surface area contributed by atoms with E-state index in [2.05, 4.69) is 27.1 Å². The van der Waals surface area contributed by atoms with Gasteiger partial charge in [0.15, 0.2) is 0 Å². The normalized spacial score (nSPS) is 46.3. The number of carbonyl (C=O) groups is 1. The molecule has 3 N–H and O–H groups in total. The number of hydrogen-bond donors (Lipinski definition) is 3. The van der Waals surface area contributed by atoms with Crippen LogP contribution < -0.4 is 16.1 Å². The van der Waals surface area contributed by atoms with Crippen LogP contribution in [0.3, 0.4) is 0 Å². The molecule has 3 saturated heterocycles. The summed E-state index contributed by atoms with van der Waals surface area (Å²) in [6, 6.07) is 3.35. The second kappa shape index (κ2) is 7.19. The van der Waals surface area contributed by atoms with E-state index in [1.54, 1.807) is 7.11 Å². The molecule has 7 nitrogen and oxygen atoms in total. The van der Waals surface area contributed by atoms with Gasteiger partial charge in [-0.2, -0.15) is 5.26 Å². The van der Waals surface area contributed by atoms with Crippen molar-refractivity contribution in [3.05, 3.63) is 0 Å². The van der Waals surface area contributed by atoms with Gasteiger partial charge in [0, 0.05) is 30.7 Å². The molecule has 5 rings (SSSR count). The lowest BCUT2D eigenvalue weighted by Gasteiger charge is -2.50. The second-order valence-electron chi connectivity index (χ2n) is 10.1. The van der Waals surface area contributed by atoms with Crippen molar-refractivity contribution >= 4 is 5.91 Å². The summed E-state index contributed by atoms with van der Waals surface area (Å²) in [5.74, 6) is 1.09. The Morgan fingerprint density at radius 2 is 2.00 bits per heavy atom. The fourth-order valence-corrected chi connectivity index (χ4v) is 7.26. The van der Waals surface area contributed by atoms with Crippen LogP contribution in [0.4, 0.5) is 0 Å². The zero-order valence-corrected chi connectivity index (χ0v) is 17.7. The van der Waals surface area contributed by atoms with E-state index in [4.69, 9.17) is 4.74 Å². The summed E-state index contributed by atoms with van der Waals surface area (Å²) in [4.78, 5) is 12.8. The lowest BCUT2D eigenvalue weighted by molar-refractivity contribution is -0.143. The minimum Gasteiger partial charge on any atom is -0.368 e. The first-order valence-electron chi connectivity index (χ1n) is 11.6. The number of rotatable bonds is 4. The van der Waals surface area contributed by atoms with Crippen LogP contribution in [0.5, 0.6) is 0 Å². The Balaban J connectivity index is 1.47. The van der Waals surface area contributed by atoms with Gasteiger partial charge in [-0.25, -0.2) is 5.01 Å². The van der Waals surface area contributed by atoms with Crippen molar-refractivity contribution in [3.63, 3.8) is 0 Å². The summed E-state index contributed by atoms with van der Waals surface area (Å²) in [5.41, 5.74) is 3.21. The van der Waals surface area contributed by atoms with Gasteiger partial charge < -0.3 is 10.1 Å². The van der Waals surface area contributed by atoms with Gasteiger partial charge in [0.25, 0.3) is 5.91 Å². The molecule has 7 heteroatoms. The molecular weight excluding hydrogens is 366 g/mol. The molecule has 5 aliphatic rings. The number of nitrogens with one attached hydrogen (secondary N) is 3. The summed E-state index contributed by atoms with van der Waals surface area (Å²) in [6.45, 7) is 2.88. The number of ether oxygens (including phenoxy) is 1. The number of nitrogens with zero attached hydrogens (tertiary/aromatic N) is 2. The van der Waals surface area contributed by atoms with Crippen molar-refractivity contribution in [2.75, 3.05) is 13.7 Å². The Hall–Kier alpha value is -1.20. The van der Waals surface area contributed by atoms with E-state index >= 15 is 0 Å². The Morgan fingerprint density at radius 3 is 2.69 bits per heavy atom. The number of methoxy groups -OCH3 is 1. The largest absolute Gasteiger partial charge is 0.368 e. The molecule has 3 aliphatic heterocycles. The average molecular weight is 402 g/mol. The highest BCUT2D eigenvalue weighted by molar-refractivity contribution is 5.88. The minimum atomic E-state index is -0.789. The SMILES string of the molecule is CO[C@@]1(C)C(=O)NC2NCCC(C3NN(C4(CC#N)CCC4)C4CCCCC34)C21. The Kier molecular flexibility index (Phi) is 4.90. The Labute approximate surface area is 173 Å². The van der Waals surface area contributed by atoms with E-state index in [1.807, 2.05) is 6.92 Å². The maximum absolute atomic E-state index is 12.8. The van der Waals surface area contributed by atoms with Gasteiger partial charge in [-0.3, -0.25) is 15.5 Å². The maximum atomic E-state index is 12.8. The van der Waals surface area contributed by atoms with Crippen molar-refractivity contribution in [2.24, 2.45) is 17.8 Å². The number of fused-ring (bicyclic) bond motifs is 2. The summed E-state index contributed by atoms with van der Waals surface area (Å²) < 4.78 is 5.83. The van der Waals surface area contributed by atoms with Crippen LogP contribution in [0, 0.1) is 29.1 Å². The number of hydrazine groups is 1. The molecule has 1 amide bonds. The van der Waals surface area contributed by atoms with Crippen molar-refractivity contribution in [2.45, 2.75) is 94.1 Å². The standard InChI is InChI=1S/C22H35N5O2/c1-21(29-2)17-15(8-13-24-19(17)25-20(21)28)18-14-6-3-4-7-16(14)27(26-18)22(11-12-23)9-5-10-22/h14-19,24,26H,3-11,13H2,1-2H3,(H,25,28)/t14?,15?,16?,17?,18?,19?,21-/m1/s1. The van der Waals surface area contributed by atoms with E-state index in [9.17, 15) is 10.1 Å². The molecule has 0 aromatic carbocycles.